The molecule has 3 rings (SSSR count). The van der Waals surface area contributed by atoms with Gasteiger partial charge in [-0.05, 0) is 31.5 Å². The lowest BCUT2D eigenvalue weighted by Gasteiger charge is -2.19. The van der Waals surface area contributed by atoms with Crippen molar-refractivity contribution >= 4 is 0 Å². The molecule has 1 aromatic carbocycles. The first kappa shape index (κ1) is 13.1. The van der Waals surface area contributed by atoms with E-state index in [-0.39, 0.29) is 18.5 Å². The van der Waals surface area contributed by atoms with Crippen molar-refractivity contribution in [3.63, 3.8) is 0 Å². The van der Waals surface area contributed by atoms with Gasteiger partial charge in [0, 0.05) is 6.07 Å². The monoisotopic (exact) mass is 277 g/mol. The van der Waals surface area contributed by atoms with E-state index in [1.165, 1.54) is 18.6 Å². The van der Waals surface area contributed by atoms with Crippen molar-refractivity contribution in [2.75, 3.05) is 6.54 Å². The van der Waals surface area contributed by atoms with Crippen LogP contribution in [0.25, 0.3) is 0 Å². The van der Waals surface area contributed by atoms with Crippen molar-refractivity contribution < 1.29 is 13.7 Å². The highest BCUT2D eigenvalue weighted by molar-refractivity contribution is 5.22. The first-order valence-corrected chi connectivity index (χ1v) is 6.75. The second-order valence-electron chi connectivity index (χ2n) is 4.80. The van der Waals surface area contributed by atoms with E-state index in [9.17, 15) is 4.39 Å². The lowest BCUT2D eigenvalue weighted by Crippen LogP contribution is -2.27. The fraction of sp³-hybridized carbons (Fsp3) is 0.429. The van der Waals surface area contributed by atoms with Crippen molar-refractivity contribution in [1.82, 2.24) is 15.5 Å². The van der Waals surface area contributed by atoms with Gasteiger partial charge in [-0.15, -0.1) is 0 Å². The average molecular weight is 277 g/mol. The summed E-state index contributed by atoms with van der Waals surface area (Å²) in [5.74, 6) is 1.19. The molecule has 1 fully saturated rings. The zero-order valence-electron chi connectivity index (χ0n) is 11.0. The van der Waals surface area contributed by atoms with Gasteiger partial charge in [0.2, 0.25) is 11.7 Å². The van der Waals surface area contributed by atoms with Gasteiger partial charge < -0.3 is 14.6 Å². The molecule has 1 aromatic heterocycles. The molecule has 0 spiro atoms. The Morgan fingerprint density at radius 1 is 1.40 bits per heavy atom. The van der Waals surface area contributed by atoms with Crippen LogP contribution in [-0.4, -0.2) is 16.7 Å². The summed E-state index contributed by atoms with van der Waals surface area (Å²) in [5.41, 5.74) is 0. The molecule has 20 heavy (non-hydrogen) atoms. The Hall–Kier alpha value is -1.95. The van der Waals surface area contributed by atoms with Gasteiger partial charge in [-0.2, -0.15) is 4.98 Å². The van der Waals surface area contributed by atoms with Gasteiger partial charge >= 0.3 is 0 Å². The average Bonchev–Trinajstić information content (AvgIpc) is 2.95. The highest BCUT2D eigenvalue weighted by atomic mass is 19.1. The highest BCUT2D eigenvalue weighted by Crippen LogP contribution is 2.21. The number of hydrogen-bond acceptors (Lipinski definition) is 5. The number of benzene rings is 1. The number of rotatable bonds is 4. The van der Waals surface area contributed by atoms with Crippen LogP contribution >= 0.6 is 0 Å². The van der Waals surface area contributed by atoms with E-state index in [1.807, 2.05) is 0 Å². The summed E-state index contributed by atoms with van der Waals surface area (Å²) in [4.78, 5) is 4.31. The molecule has 0 unspecified atom stereocenters. The molecule has 6 heteroatoms. The maximum atomic E-state index is 13.0. The van der Waals surface area contributed by atoms with Crippen molar-refractivity contribution in [2.45, 2.75) is 31.9 Å². The van der Waals surface area contributed by atoms with E-state index in [2.05, 4.69) is 15.5 Å². The molecule has 5 nitrogen and oxygen atoms in total. The largest absolute Gasteiger partial charge is 0.485 e. The SMILES string of the molecule is Fc1cccc(OCc2noc([C@H]3CCCCN3)n2)c1. The third-order valence-electron chi connectivity index (χ3n) is 3.26. The summed E-state index contributed by atoms with van der Waals surface area (Å²) in [5, 5.41) is 7.23. The predicted octanol–water partition coefficient (Wildman–Crippen LogP) is 2.60. The number of aromatic nitrogens is 2. The fourth-order valence-electron chi connectivity index (χ4n) is 2.23. The van der Waals surface area contributed by atoms with Crippen LogP contribution in [0.2, 0.25) is 0 Å². The number of nitrogens with one attached hydrogen (secondary N) is 1. The zero-order chi connectivity index (χ0) is 13.8. The van der Waals surface area contributed by atoms with E-state index in [0.717, 1.165) is 19.4 Å². The Bertz CT molecular complexity index is 567. The van der Waals surface area contributed by atoms with Crippen molar-refractivity contribution in [3.05, 3.63) is 41.8 Å². The van der Waals surface area contributed by atoms with Crippen LogP contribution in [0.5, 0.6) is 5.75 Å². The van der Waals surface area contributed by atoms with Gasteiger partial charge in [0.15, 0.2) is 6.61 Å². The highest BCUT2D eigenvalue weighted by Gasteiger charge is 2.20. The van der Waals surface area contributed by atoms with E-state index < -0.39 is 0 Å². The molecule has 2 aromatic rings. The van der Waals surface area contributed by atoms with Crippen LogP contribution in [0.15, 0.2) is 28.8 Å². The van der Waals surface area contributed by atoms with Crippen molar-refractivity contribution in [2.24, 2.45) is 0 Å². The van der Waals surface area contributed by atoms with Crippen LogP contribution in [0.1, 0.15) is 37.0 Å². The Balaban J connectivity index is 1.59. The standard InChI is InChI=1S/C14H16FN3O2/c15-10-4-3-5-11(8-10)19-9-13-17-14(20-18-13)12-6-1-2-7-16-12/h3-5,8,12,16H,1-2,6-7,9H2/t12-/m1/s1. The molecule has 0 amide bonds. The third kappa shape index (κ3) is 3.14. The number of ether oxygens (including phenoxy) is 1. The van der Waals surface area contributed by atoms with E-state index in [4.69, 9.17) is 9.26 Å². The Labute approximate surface area is 116 Å². The number of halogens is 1. The second-order valence-corrected chi connectivity index (χ2v) is 4.80. The summed E-state index contributed by atoms with van der Waals surface area (Å²) in [6.07, 6.45) is 3.35. The Morgan fingerprint density at radius 2 is 2.35 bits per heavy atom. The third-order valence-corrected chi connectivity index (χ3v) is 3.26. The first-order valence-electron chi connectivity index (χ1n) is 6.75. The quantitative estimate of drug-likeness (QED) is 0.930. The van der Waals surface area contributed by atoms with Crippen molar-refractivity contribution in [3.8, 4) is 5.75 Å². The van der Waals surface area contributed by atoms with Crippen LogP contribution in [-0.2, 0) is 6.61 Å². The minimum Gasteiger partial charge on any atom is -0.485 e. The van der Waals surface area contributed by atoms with Gasteiger partial charge in [-0.1, -0.05) is 17.6 Å². The van der Waals surface area contributed by atoms with Crippen molar-refractivity contribution in [1.29, 1.82) is 0 Å². The smallest absolute Gasteiger partial charge is 0.243 e. The molecule has 1 N–H and O–H groups in total. The summed E-state index contributed by atoms with van der Waals surface area (Å²) >= 11 is 0. The van der Waals surface area contributed by atoms with Gasteiger partial charge in [-0.3, -0.25) is 0 Å². The minimum absolute atomic E-state index is 0.138. The maximum absolute atomic E-state index is 13.0. The molecule has 1 aliphatic rings. The minimum atomic E-state index is -0.331. The van der Waals surface area contributed by atoms with Crippen LogP contribution < -0.4 is 10.1 Å². The van der Waals surface area contributed by atoms with Crippen LogP contribution in [0.4, 0.5) is 4.39 Å². The molecule has 1 aliphatic heterocycles. The lowest BCUT2D eigenvalue weighted by atomic mass is 10.1. The molecule has 0 saturated carbocycles. The number of piperidine rings is 1. The van der Waals surface area contributed by atoms with E-state index in [0.29, 0.717) is 17.5 Å². The fourth-order valence-corrected chi connectivity index (χ4v) is 2.23. The van der Waals surface area contributed by atoms with Gasteiger partial charge in [0.1, 0.15) is 11.6 Å². The molecular weight excluding hydrogens is 261 g/mol. The summed E-state index contributed by atoms with van der Waals surface area (Å²) < 4.78 is 23.7. The van der Waals surface area contributed by atoms with Gasteiger partial charge in [0.25, 0.3) is 0 Å². The molecular formula is C14H16FN3O2. The molecule has 0 bridgehead atoms. The summed E-state index contributed by atoms with van der Waals surface area (Å²) in [7, 11) is 0. The topological polar surface area (TPSA) is 60.2 Å². The summed E-state index contributed by atoms with van der Waals surface area (Å²) in [6, 6.07) is 6.11. The number of hydrogen-bond donors (Lipinski definition) is 1. The Morgan fingerprint density at radius 3 is 3.15 bits per heavy atom. The molecule has 106 valence electrons. The predicted molar refractivity (Wildman–Crippen MR) is 69.6 cm³/mol. The van der Waals surface area contributed by atoms with E-state index in [1.54, 1.807) is 12.1 Å². The van der Waals surface area contributed by atoms with Crippen LogP contribution in [0, 0.1) is 5.82 Å². The Kier molecular flexibility index (Phi) is 3.92. The van der Waals surface area contributed by atoms with Gasteiger partial charge in [0.05, 0.1) is 6.04 Å². The first-order chi connectivity index (χ1) is 9.81. The lowest BCUT2D eigenvalue weighted by molar-refractivity contribution is 0.275. The van der Waals surface area contributed by atoms with Gasteiger partial charge in [-0.25, -0.2) is 4.39 Å². The van der Waals surface area contributed by atoms with Crippen LogP contribution in [0.3, 0.4) is 0 Å². The molecule has 0 radical (unpaired) electrons. The molecule has 1 atom stereocenters. The normalized spacial score (nSPS) is 18.9. The molecule has 0 aliphatic carbocycles. The second kappa shape index (κ2) is 6.00. The molecule has 1 saturated heterocycles. The molecule has 2 heterocycles. The maximum Gasteiger partial charge on any atom is 0.243 e. The summed E-state index contributed by atoms with van der Waals surface area (Å²) in [6.45, 7) is 1.14. The van der Waals surface area contributed by atoms with E-state index >= 15 is 0 Å². The zero-order valence-corrected chi connectivity index (χ0v) is 11.0. The number of nitrogens with zero attached hydrogens (tertiary/aromatic N) is 2.